The van der Waals surface area contributed by atoms with E-state index in [1.807, 2.05) is 0 Å². The Morgan fingerprint density at radius 2 is 2.03 bits per heavy atom. The highest BCUT2D eigenvalue weighted by molar-refractivity contribution is 6.31. The first-order valence-corrected chi connectivity index (χ1v) is 10.3. The normalized spacial score (nSPS) is 16.4. The van der Waals surface area contributed by atoms with Crippen LogP contribution >= 0.6 is 11.6 Å². The monoisotopic (exact) mass is 469 g/mol. The zero-order valence-corrected chi connectivity index (χ0v) is 18.3. The van der Waals surface area contributed by atoms with Crippen LogP contribution in [0.25, 0.3) is 0 Å². The van der Waals surface area contributed by atoms with Crippen LogP contribution in [0.2, 0.25) is 5.02 Å². The standard InChI is InChI=1S/C21H23ClF3N5O2/c1-12-16(22)11-15(19(27-12)30-8-3-6-21(24,25)7-9-30)20(31)28-13-4-5-17(23)14(10-13)18(26)29-32-2/h4-5,10-11H,3,6-9H2,1-2H3,(H2,26,29)(H,28,31). The van der Waals surface area contributed by atoms with Crippen molar-refractivity contribution < 1.29 is 22.8 Å². The lowest BCUT2D eigenvalue weighted by Gasteiger charge is -2.24. The third-order valence-electron chi connectivity index (χ3n) is 5.08. The van der Waals surface area contributed by atoms with Gasteiger partial charge in [-0.25, -0.2) is 18.2 Å². The lowest BCUT2D eigenvalue weighted by molar-refractivity contribution is -0.0102. The Bertz CT molecular complexity index is 1050. The molecule has 1 saturated heterocycles. The van der Waals surface area contributed by atoms with E-state index >= 15 is 0 Å². The van der Waals surface area contributed by atoms with Crippen LogP contribution in [-0.2, 0) is 4.84 Å². The Morgan fingerprint density at radius 1 is 1.28 bits per heavy atom. The number of carbonyl (C=O) groups is 1. The number of carbonyl (C=O) groups excluding carboxylic acids is 1. The van der Waals surface area contributed by atoms with E-state index in [2.05, 4.69) is 20.3 Å². The van der Waals surface area contributed by atoms with Crippen molar-refractivity contribution in [2.24, 2.45) is 10.9 Å². The van der Waals surface area contributed by atoms with Gasteiger partial charge in [0.1, 0.15) is 18.7 Å². The number of pyridine rings is 1. The fraction of sp³-hybridized carbons (Fsp3) is 0.381. The minimum atomic E-state index is -2.76. The van der Waals surface area contributed by atoms with Crippen LogP contribution in [-0.4, -0.2) is 42.8 Å². The number of nitrogens with one attached hydrogen (secondary N) is 1. The molecule has 2 heterocycles. The van der Waals surface area contributed by atoms with Gasteiger partial charge in [-0.15, -0.1) is 0 Å². The molecule has 3 N–H and O–H groups in total. The second kappa shape index (κ2) is 9.64. The largest absolute Gasteiger partial charge is 0.397 e. The molecule has 11 heteroatoms. The molecule has 1 aliphatic heterocycles. The summed E-state index contributed by atoms with van der Waals surface area (Å²) in [5, 5.41) is 6.41. The van der Waals surface area contributed by atoms with Gasteiger partial charge in [0.15, 0.2) is 5.84 Å². The number of aromatic nitrogens is 1. The highest BCUT2D eigenvalue weighted by Gasteiger charge is 2.33. The second-order valence-electron chi connectivity index (χ2n) is 7.43. The highest BCUT2D eigenvalue weighted by Crippen LogP contribution is 2.32. The Morgan fingerprint density at radius 3 is 2.75 bits per heavy atom. The Kier molecular flexibility index (Phi) is 7.12. The second-order valence-corrected chi connectivity index (χ2v) is 7.84. The van der Waals surface area contributed by atoms with Crippen LogP contribution in [0.4, 0.5) is 24.7 Å². The van der Waals surface area contributed by atoms with E-state index in [9.17, 15) is 18.0 Å². The molecule has 1 amide bonds. The van der Waals surface area contributed by atoms with Gasteiger partial charge in [0.25, 0.3) is 5.91 Å². The molecular formula is C21H23ClF3N5O2. The summed E-state index contributed by atoms with van der Waals surface area (Å²) in [6, 6.07) is 5.23. The molecule has 1 aromatic carbocycles. The molecule has 3 rings (SSSR count). The summed E-state index contributed by atoms with van der Waals surface area (Å²) < 4.78 is 41.7. The van der Waals surface area contributed by atoms with Crippen molar-refractivity contribution >= 4 is 34.8 Å². The molecule has 0 unspecified atom stereocenters. The van der Waals surface area contributed by atoms with E-state index in [1.165, 1.54) is 25.3 Å². The molecule has 0 radical (unpaired) electrons. The smallest absolute Gasteiger partial charge is 0.259 e. The van der Waals surface area contributed by atoms with Gasteiger partial charge >= 0.3 is 0 Å². The third kappa shape index (κ3) is 5.42. The number of alkyl halides is 2. The molecule has 0 saturated carbocycles. The van der Waals surface area contributed by atoms with E-state index in [-0.39, 0.29) is 59.3 Å². The first-order chi connectivity index (χ1) is 15.1. The van der Waals surface area contributed by atoms with E-state index in [0.717, 1.165) is 6.07 Å². The number of oxime groups is 1. The van der Waals surface area contributed by atoms with Crippen molar-refractivity contribution in [2.45, 2.75) is 32.1 Å². The van der Waals surface area contributed by atoms with Crippen molar-refractivity contribution in [3.63, 3.8) is 0 Å². The summed E-state index contributed by atoms with van der Waals surface area (Å²) in [5.41, 5.74) is 6.47. The van der Waals surface area contributed by atoms with E-state index < -0.39 is 17.6 Å². The van der Waals surface area contributed by atoms with Gasteiger partial charge in [-0.2, -0.15) is 0 Å². The van der Waals surface area contributed by atoms with E-state index in [4.69, 9.17) is 17.3 Å². The quantitative estimate of drug-likeness (QED) is 0.386. The lowest BCUT2D eigenvalue weighted by atomic mass is 10.1. The minimum absolute atomic E-state index is 0.0477. The average Bonchev–Trinajstić information content (AvgIpc) is 2.91. The zero-order chi connectivity index (χ0) is 23.5. The van der Waals surface area contributed by atoms with Gasteiger partial charge in [0.05, 0.1) is 21.8 Å². The number of nitrogens with zero attached hydrogens (tertiary/aromatic N) is 3. The Hall–Kier alpha value is -3.01. The number of amides is 1. The predicted octanol–water partition coefficient (Wildman–Crippen LogP) is 4.33. The average molecular weight is 470 g/mol. The predicted molar refractivity (Wildman–Crippen MR) is 117 cm³/mol. The molecule has 2 aromatic rings. The van der Waals surface area contributed by atoms with Crippen molar-refractivity contribution in [3.8, 4) is 0 Å². The number of amidine groups is 1. The molecular weight excluding hydrogens is 447 g/mol. The zero-order valence-electron chi connectivity index (χ0n) is 17.6. The fourth-order valence-corrected chi connectivity index (χ4v) is 3.55. The highest BCUT2D eigenvalue weighted by atomic mass is 35.5. The first-order valence-electron chi connectivity index (χ1n) is 9.89. The summed E-state index contributed by atoms with van der Waals surface area (Å²) in [4.78, 5) is 23.7. The molecule has 1 aliphatic rings. The summed E-state index contributed by atoms with van der Waals surface area (Å²) in [7, 11) is 1.27. The first kappa shape index (κ1) is 23.6. The van der Waals surface area contributed by atoms with Crippen molar-refractivity contribution in [1.82, 2.24) is 4.98 Å². The van der Waals surface area contributed by atoms with Crippen LogP contribution in [0.15, 0.2) is 29.4 Å². The minimum Gasteiger partial charge on any atom is -0.397 e. The number of halogens is 4. The number of aryl methyl sites for hydroxylation is 1. The maximum absolute atomic E-state index is 14.1. The lowest BCUT2D eigenvalue weighted by Crippen LogP contribution is -2.29. The summed E-state index contributed by atoms with van der Waals surface area (Å²) in [6.07, 6.45) is -0.298. The number of hydrogen-bond donors (Lipinski definition) is 2. The van der Waals surface area contributed by atoms with Crippen molar-refractivity contribution in [3.05, 3.63) is 51.9 Å². The van der Waals surface area contributed by atoms with Gasteiger partial charge < -0.3 is 20.8 Å². The molecule has 0 spiro atoms. The number of rotatable bonds is 5. The van der Waals surface area contributed by atoms with Crippen LogP contribution in [0.5, 0.6) is 0 Å². The summed E-state index contributed by atoms with van der Waals surface area (Å²) in [6.45, 7) is 2.05. The molecule has 32 heavy (non-hydrogen) atoms. The van der Waals surface area contributed by atoms with Gasteiger partial charge in [-0.1, -0.05) is 16.8 Å². The summed E-state index contributed by atoms with van der Waals surface area (Å²) >= 11 is 6.19. The molecule has 1 fully saturated rings. The number of hydrogen-bond acceptors (Lipinski definition) is 5. The van der Waals surface area contributed by atoms with Gasteiger partial charge in [0.2, 0.25) is 5.92 Å². The maximum Gasteiger partial charge on any atom is 0.259 e. The molecule has 7 nitrogen and oxygen atoms in total. The number of nitrogens with two attached hydrogens (primary N) is 1. The third-order valence-corrected chi connectivity index (χ3v) is 5.47. The van der Waals surface area contributed by atoms with Crippen molar-refractivity contribution in [1.29, 1.82) is 0 Å². The Balaban J connectivity index is 1.93. The molecule has 1 aromatic heterocycles. The van der Waals surface area contributed by atoms with Gasteiger partial charge in [-0.05, 0) is 37.6 Å². The van der Waals surface area contributed by atoms with Crippen LogP contribution in [0.1, 0.15) is 40.9 Å². The summed E-state index contributed by atoms with van der Waals surface area (Å²) in [5.74, 6) is -3.91. The van der Waals surface area contributed by atoms with Crippen LogP contribution in [0, 0.1) is 12.7 Å². The van der Waals surface area contributed by atoms with Crippen LogP contribution < -0.4 is 16.0 Å². The van der Waals surface area contributed by atoms with Gasteiger partial charge in [-0.3, -0.25) is 4.79 Å². The maximum atomic E-state index is 14.1. The van der Waals surface area contributed by atoms with Crippen LogP contribution in [0.3, 0.4) is 0 Å². The SMILES string of the molecule is CON=C(N)c1cc(NC(=O)c2cc(Cl)c(C)nc2N2CCCC(F)(F)CC2)ccc1F. The Labute approximate surface area is 188 Å². The fourth-order valence-electron chi connectivity index (χ4n) is 3.40. The molecule has 0 atom stereocenters. The number of anilines is 2. The van der Waals surface area contributed by atoms with E-state index in [1.54, 1.807) is 11.8 Å². The topological polar surface area (TPSA) is 92.8 Å². The molecule has 172 valence electrons. The molecule has 0 aliphatic carbocycles. The van der Waals surface area contributed by atoms with Gasteiger partial charge in [0, 0.05) is 31.6 Å². The molecule has 0 bridgehead atoms. The van der Waals surface area contributed by atoms with Crippen molar-refractivity contribution in [2.75, 3.05) is 30.4 Å². The number of benzene rings is 1. The van der Waals surface area contributed by atoms with E-state index in [0.29, 0.717) is 12.2 Å².